The van der Waals surface area contributed by atoms with Crippen LogP contribution in [0.15, 0.2) is 6.07 Å². The molecule has 0 aliphatic heterocycles. The first kappa shape index (κ1) is 14.6. The molecule has 1 amide bonds. The molecular weight excluding hydrogens is 228 g/mol. The first-order chi connectivity index (χ1) is 8.45. The summed E-state index contributed by atoms with van der Waals surface area (Å²) in [5.41, 5.74) is 7.86. The summed E-state index contributed by atoms with van der Waals surface area (Å²) in [5, 5.41) is 8.06. The number of nitrogens with zero attached hydrogens (tertiary/aromatic N) is 3. The Balaban J connectivity index is 2.85. The van der Waals surface area contributed by atoms with Crippen LogP contribution in [0.4, 0.5) is 0 Å². The van der Waals surface area contributed by atoms with Crippen LogP contribution in [-0.4, -0.2) is 40.6 Å². The summed E-state index contributed by atoms with van der Waals surface area (Å²) in [5.74, 6) is -0.00880. The Kier molecular flexibility index (Phi) is 5.22. The van der Waals surface area contributed by atoms with Gasteiger partial charge in [-0.15, -0.1) is 0 Å². The van der Waals surface area contributed by atoms with Crippen molar-refractivity contribution in [3.8, 4) is 0 Å². The molecule has 1 atom stereocenters. The van der Waals surface area contributed by atoms with Crippen molar-refractivity contribution in [2.24, 2.45) is 5.73 Å². The van der Waals surface area contributed by atoms with Crippen LogP contribution in [0.2, 0.25) is 0 Å². The molecule has 0 saturated heterocycles. The maximum atomic E-state index is 12.3. The third kappa shape index (κ3) is 3.77. The summed E-state index contributed by atoms with van der Waals surface area (Å²) in [6.45, 7) is 6.40. The molecule has 0 saturated carbocycles. The zero-order valence-corrected chi connectivity index (χ0v) is 11.6. The van der Waals surface area contributed by atoms with E-state index in [1.165, 1.54) is 0 Å². The topological polar surface area (TPSA) is 72.1 Å². The van der Waals surface area contributed by atoms with Gasteiger partial charge >= 0.3 is 0 Å². The van der Waals surface area contributed by atoms with E-state index in [-0.39, 0.29) is 11.9 Å². The number of hydrogen-bond acceptors (Lipinski definition) is 4. The Hall–Kier alpha value is -1.49. The number of hydrogen-bond donors (Lipinski definition) is 1. The molecule has 5 nitrogen and oxygen atoms in total. The van der Waals surface area contributed by atoms with Crippen LogP contribution < -0.4 is 5.73 Å². The summed E-state index contributed by atoms with van der Waals surface area (Å²) in [4.78, 5) is 14.0. The van der Waals surface area contributed by atoms with Crippen LogP contribution in [0.3, 0.4) is 0 Å². The van der Waals surface area contributed by atoms with Crippen LogP contribution in [0.5, 0.6) is 0 Å². The van der Waals surface area contributed by atoms with Gasteiger partial charge in [0.15, 0.2) is 0 Å². The number of amides is 1. The number of carbonyl (C=O) groups excluding carboxylic acids is 1. The molecule has 0 aromatic carbocycles. The van der Waals surface area contributed by atoms with E-state index in [0.29, 0.717) is 18.5 Å². The molecule has 0 radical (unpaired) electrons. The highest BCUT2D eigenvalue weighted by Crippen LogP contribution is 2.10. The molecule has 5 heteroatoms. The van der Waals surface area contributed by atoms with E-state index in [0.717, 1.165) is 17.8 Å². The maximum absolute atomic E-state index is 12.3. The van der Waals surface area contributed by atoms with Crippen molar-refractivity contribution in [2.75, 3.05) is 13.6 Å². The maximum Gasteiger partial charge on any atom is 0.255 e. The highest BCUT2D eigenvalue weighted by Gasteiger charge is 2.17. The van der Waals surface area contributed by atoms with E-state index in [1.807, 2.05) is 20.8 Å². The van der Waals surface area contributed by atoms with Crippen LogP contribution in [0, 0.1) is 6.92 Å². The molecule has 0 fully saturated rings. The van der Waals surface area contributed by atoms with Gasteiger partial charge < -0.3 is 10.6 Å². The van der Waals surface area contributed by atoms with E-state index >= 15 is 0 Å². The molecule has 0 aliphatic rings. The minimum Gasteiger partial charge on any atom is -0.342 e. The molecule has 0 bridgehead atoms. The van der Waals surface area contributed by atoms with E-state index in [4.69, 9.17) is 5.73 Å². The Morgan fingerprint density at radius 3 is 2.72 bits per heavy atom. The second-order valence-electron chi connectivity index (χ2n) is 4.69. The van der Waals surface area contributed by atoms with Gasteiger partial charge in [0.1, 0.15) is 0 Å². The molecule has 1 rings (SSSR count). The highest BCUT2D eigenvalue weighted by atomic mass is 16.2. The number of aryl methyl sites for hydroxylation is 2. The molecule has 0 aliphatic carbocycles. The third-order valence-electron chi connectivity index (χ3n) is 2.82. The van der Waals surface area contributed by atoms with E-state index < -0.39 is 0 Å². The van der Waals surface area contributed by atoms with Crippen molar-refractivity contribution in [3.05, 3.63) is 23.0 Å². The predicted octanol–water partition coefficient (Wildman–Crippen LogP) is 1.16. The molecule has 1 heterocycles. The van der Waals surface area contributed by atoms with Gasteiger partial charge in [-0.25, -0.2) is 0 Å². The second-order valence-corrected chi connectivity index (χ2v) is 4.69. The van der Waals surface area contributed by atoms with E-state index in [2.05, 4.69) is 10.2 Å². The van der Waals surface area contributed by atoms with Crippen molar-refractivity contribution >= 4 is 5.91 Å². The molecule has 1 aromatic rings. The minimum absolute atomic E-state index is 0.00880. The van der Waals surface area contributed by atoms with Crippen LogP contribution in [0.25, 0.3) is 0 Å². The quantitative estimate of drug-likeness (QED) is 0.851. The fourth-order valence-corrected chi connectivity index (χ4v) is 1.66. The zero-order valence-electron chi connectivity index (χ0n) is 11.6. The van der Waals surface area contributed by atoms with E-state index in [9.17, 15) is 4.79 Å². The van der Waals surface area contributed by atoms with Gasteiger partial charge in [0.25, 0.3) is 5.91 Å². The summed E-state index contributed by atoms with van der Waals surface area (Å²) in [6, 6.07) is 1.90. The van der Waals surface area contributed by atoms with Crippen molar-refractivity contribution in [1.29, 1.82) is 0 Å². The summed E-state index contributed by atoms with van der Waals surface area (Å²) >= 11 is 0. The summed E-state index contributed by atoms with van der Waals surface area (Å²) < 4.78 is 0. The Labute approximate surface area is 108 Å². The number of aromatic nitrogens is 2. The molecule has 1 unspecified atom stereocenters. The number of nitrogens with two attached hydrogens (primary N) is 1. The minimum atomic E-state index is -0.00880. The molecule has 1 aromatic heterocycles. The SMILES string of the molecule is CCc1nnc(C)cc1C(=O)N(C)CCC(C)N. The number of rotatable bonds is 5. The largest absolute Gasteiger partial charge is 0.342 e. The average Bonchev–Trinajstić information content (AvgIpc) is 2.34. The first-order valence-electron chi connectivity index (χ1n) is 6.30. The van der Waals surface area contributed by atoms with Gasteiger partial charge in [0.05, 0.1) is 17.0 Å². The van der Waals surface area contributed by atoms with Crippen molar-refractivity contribution in [2.45, 2.75) is 39.7 Å². The van der Waals surface area contributed by atoms with Gasteiger partial charge in [-0.2, -0.15) is 10.2 Å². The van der Waals surface area contributed by atoms with Crippen molar-refractivity contribution in [3.63, 3.8) is 0 Å². The lowest BCUT2D eigenvalue weighted by molar-refractivity contribution is 0.0790. The lowest BCUT2D eigenvalue weighted by atomic mass is 10.1. The van der Waals surface area contributed by atoms with Crippen molar-refractivity contribution in [1.82, 2.24) is 15.1 Å². The van der Waals surface area contributed by atoms with Crippen LogP contribution in [0.1, 0.15) is 42.0 Å². The lowest BCUT2D eigenvalue weighted by Gasteiger charge is -2.19. The molecule has 2 N–H and O–H groups in total. The summed E-state index contributed by atoms with van der Waals surface area (Å²) in [6.07, 6.45) is 1.50. The third-order valence-corrected chi connectivity index (χ3v) is 2.82. The smallest absolute Gasteiger partial charge is 0.255 e. The van der Waals surface area contributed by atoms with Crippen LogP contribution >= 0.6 is 0 Å². The normalized spacial score (nSPS) is 12.3. The predicted molar refractivity (Wildman–Crippen MR) is 71.4 cm³/mol. The molecular formula is C13H22N4O. The van der Waals surface area contributed by atoms with E-state index in [1.54, 1.807) is 18.0 Å². The molecule has 0 spiro atoms. The second kappa shape index (κ2) is 6.44. The Bertz CT molecular complexity index is 417. The first-order valence-corrected chi connectivity index (χ1v) is 6.30. The molecule has 100 valence electrons. The van der Waals surface area contributed by atoms with Gasteiger partial charge in [0.2, 0.25) is 0 Å². The standard InChI is InChI=1S/C13H22N4O/c1-5-12-11(8-10(3)15-16-12)13(18)17(4)7-6-9(2)14/h8-9H,5-7,14H2,1-4H3. The van der Waals surface area contributed by atoms with Crippen molar-refractivity contribution < 1.29 is 4.79 Å². The average molecular weight is 250 g/mol. The van der Waals surface area contributed by atoms with Gasteiger partial charge in [0, 0.05) is 19.6 Å². The Morgan fingerprint density at radius 2 is 2.17 bits per heavy atom. The fraction of sp³-hybridized carbons (Fsp3) is 0.615. The monoisotopic (exact) mass is 250 g/mol. The lowest BCUT2D eigenvalue weighted by Crippen LogP contribution is -2.32. The summed E-state index contributed by atoms with van der Waals surface area (Å²) in [7, 11) is 1.79. The van der Waals surface area contributed by atoms with Gasteiger partial charge in [-0.1, -0.05) is 6.92 Å². The Morgan fingerprint density at radius 1 is 1.50 bits per heavy atom. The van der Waals surface area contributed by atoms with Gasteiger partial charge in [-0.3, -0.25) is 4.79 Å². The zero-order chi connectivity index (χ0) is 13.7. The molecule has 18 heavy (non-hydrogen) atoms. The van der Waals surface area contributed by atoms with Gasteiger partial charge in [-0.05, 0) is 32.8 Å². The number of carbonyl (C=O) groups is 1. The fourth-order valence-electron chi connectivity index (χ4n) is 1.66. The van der Waals surface area contributed by atoms with Crippen LogP contribution in [-0.2, 0) is 6.42 Å². The highest BCUT2D eigenvalue weighted by molar-refractivity contribution is 5.95.